The maximum atomic E-state index is 5.01. The van der Waals surface area contributed by atoms with Crippen LogP contribution in [0.1, 0.15) is 13.8 Å². The van der Waals surface area contributed by atoms with Crippen molar-refractivity contribution in [3.63, 3.8) is 0 Å². The van der Waals surface area contributed by atoms with Crippen LogP contribution in [0.15, 0.2) is 5.57 Å². The van der Waals surface area contributed by atoms with Crippen molar-refractivity contribution in [2.45, 2.75) is 13.8 Å². The van der Waals surface area contributed by atoms with Crippen molar-refractivity contribution in [2.75, 3.05) is 14.1 Å². The minimum atomic E-state index is -2.21. The molecule has 0 saturated carbocycles. The molecule has 0 radical (unpaired) electrons. The van der Waals surface area contributed by atoms with E-state index in [4.69, 9.17) is 29.1 Å². The second kappa shape index (κ2) is 9.03. The van der Waals surface area contributed by atoms with Crippen LogP contribution in [-0.4, -0.2) is 24.5 Å². The van der Waals surface area contributed by atoms with Crippen molar-refractivity contribution in [2.24, 2.45) is 0 Å². The summed E-state index contributed by atoms with van der Waals surface area (Å²) < 4.78 is 1.91. The van der Waals surface area contributed by atoms with Gasteiger partial charge in [-0.3, -0.25) is 0 Å². The summed E-state index contributed by atoms with van der Waals surface area (Å²) in [5, 5.41) is 0. The standard InChI is InChI=1S/C6H12N.3ClH.Zn/c1-6(2)5-7(3)4;;;;/h1-4H3;3*1H;/q+1;;;;+2/p-3. The number of hydrogen-bond acceptors (Lipinski definition) is 0. The third-order valence-corrected chi connectivity index (χ3v) is 0.447. The molecule has 0 aliphatic heterocycles. The summed E-state index contributed by atoms with van der Waals surface area (Å²) in [6.07, 6.45) is 0. The molecule has 0 aromatic rings. The first-order chi connectivity index (χ1) is 4.86. The summed E-state index contributed by atoms with van der Waals surface area (Å²) in [6.45, 7) is 4.06. The summed E-state index contributed by atoms with van der Waals surface area (Å²) in [5.41, 5.74) is 1.21. The summed E-state index contributed by atoms with van der Waals surface area (Å²) in [4.78, 5) is 0. The van der Waals surface area contributed by atoms with Gasteiger partial charge in [0, 0.05) is 5.57 Å². The maximum absolute atomic E-state index is 5.01. The average molecular weight is 270 g/mol. The zero-order valence-electron chi connectivity index (χ0n) is 7.29. The van der Waals surface area contributed by atoms with Crippen molar-refractivity contribution in [3.05, 3.63) is 5.57 Å². The topological polar surface area (TPSA) is 3.01 Å². The Morgan fingerprint density at radius 2 is 1.45 bits per heavy atom. The van der Waals surface area contributed by atoms with Crippen LogP contribution in [0.2, 0.25) is 0 Å². The van der Waals surface area contributed by atoms with E-state index < -0.39 is 13.0 Å². The van der Waals surface area contributed by atoms with Crippen LogP contribution in [0.5, 0.6) is 0 Å². The molecule has 0 aliphatic rings. The van der Waals surface area contributed by atoms with Gasteiger partial charge in [0.25, 0.3) is 0 Å². The third-order valence-electron chi connectivity index (χ3n) is 0.447. The van der Waals surface area contributed by atoms with Gasteiger partial charge in [0.1, 0.15) is 14.1 Å². The quantitative estimate of drug-likeness (QED) is 0.361. The Balaban J connectivity index is 0. The second-order valence-corrected chi connectivity index (χ2v) is 16.2. The van der Waals surface area contributed by atoms with Crippen molar-refractivity contribution < 1.29 is 17.6 Å². The van der Waals surface area contributed by atoms with E-state index in [2.05, 4.69) is 5.87 Å². The summed E-state index contributed by atoms with van der Waals surface area (Å²) in [6, 6.07) is 0. The van der Waals surface area contributed by atoms with Gasteiger partial charge in [-0.2, -0.15) is 4.58 Å². The molecule has 0 spiro atoms. The molecule has 0 heterocycles. The fourth-order valence-corrected chi connectivity index (χ4v) is 0.447. The summed E-state index contributed by atoms with van der Waals surface area (Å²) >= 11 is -2.21. The van der Waals surface area contributed by atoms with Crippen LogP contribution < -0.4 is 0 Å². The van der Waals surface area contributed by atoms with E-state index in [0.717, 1.165) is 0 Å². The van der Waals surface area contributed by atoms with Crippen molar-refractivity contribution in [3.8, 4) is 0 Å². The first-order valence-electron chi connectivity index (χ1n) is 3.17. The molecule has 0 atom stereocenters. The average Bonchev–Trinajstić information content (AvgIpc) is 1.56. The Hall–Kier alpha value is 0.943. The molecule has 0 saturated heterocycles. The normalized spacial score (nSPS) is 7.18. The van der Waals surface area contributed by atoms with E-state index in [9.17, 15) is 0 Å². The minimum absolute atomic E-state index is 1.21. The van der Waals surface area contributed by atoms with Gasteiger partial charge in [0.15, 0.2) is 5.87 Å². The van der Waals surface area contributed by atoms with Gasteiger partial charge < -0.3 is 0 Å². The van der Waals surface area contributed by atoms with E-state index in [1.54, 1.807) is 0 Å². The molecule has 0 aliphatic carbocycles. The van der Waals surface area contributed by atoms with Gasteiger partial charge in [-0.1, -0.05) is 0 Å². The summed E-state index contributed by atoms with van der Waals surface area (Å²) in [5.74, 6) is 3.06. The van der Waals surface area contributed by atoms with Crippen molar-refractivity contribution in [1.82, 2.24) is 0 Å². The Morgan fingerprint density at radius 3 is 1.45 bits per heavy atom. The summed E-state index contributed by atoms with van der Waals surface area (Å²) in [7, 11) is 19.0. The van der Waals surface area contributed by atoms with E-state index >= 15 is 0 Å². The molecule has 0 N–H and O–H groups in total. The third kappa shape index (κ3) is 35.8. The number of hydrogen-bond donors (Lipinski definition) is 0. The predicted octanol–water partition coefficient (Wildman–Crippen LogP) is 2.96. The van der Waals surface area contributed by atoms with Gasteiger partial charge in [-0.25, -0.2) is 0 Å². The molecule has 64 valence electrons. The first-order valence-corrected chi connectivity index (χ1v) is 14.9. The molecular weight excluding hydrogens is 258 g/mol. The zero-order valence-corrected chi connectivity index (χ0v) is 12.5. The molecule has 0 amide bonds. The van der Waals surface area contributed by atoms with Gasteiger partial charge in [-0.05, 0) is 13.8 Å². The van der Waals surface area contributed by atoms with Crippen LogP contribution in [0, 0.1) is 0 Å². The molecule has 0 unspecified atom stereocenters. The molecule has 0 bridgehead atoms. The molecule has 0 aromatic heterocycles. The van der Waals surface area contributed by atoms with E-state index in [1.807, 2.05) is 32.5 Å². The molecule has 0 rings (SSSR count). The number of nitrogens with zero attached hydrogens (tertiary/aromatic N) is 1. The molecule has 0 fully saturated rings. The Morgan fingerprint density at radius 1 is 1.18 bits per heavy atom. The van der Waals surface area contributed by atoms with E-state index in [1.165, 1.54) is 5.57 Å². The number of allylic oxidation sites excluding steroid dienone is 1. The molecule has 5 heteroatoms. The molecule has 11 heavy (non-hydrogen) atoms. The van der Waals surface area contributed by atoms with Crippen molar-refractivity contribution in [1.29, 1.82) is 0 Å². The van der Waals surface area contributed by atoms with Gasteiger partial charge in [0.2, 0.25) is 0 Å². The molecule has 0 aromatic carbocycles. The predicted molar refractivity (Wildman–Crippen MR) is 49.5 cm³/mol. The first kappa shape index (κ1) is 14.5. The second-order valence-electron chi connectivity index (χ2n) is 2.31. The SMILES string of the molecule is CC(C)=C=[N+](C)C.[Cl][Zn-]([Cl])[Cl]. The van der Waals surface area contributed by atoms with Gasteiger partial charge in [-0.15, -0.1) is 0 Å². The fraction of sp³-hybridized carbons (Fsp3) is 0.667. The Labute approximate surface area is 85.7 Å². The Bertz CT molecular complexity index is 138. The van der Waals surface area contributed by atoms with E-state index in [-0.39, 0.29) is 0 Å². The van der Waals surface area contributed by atoms with Gasteiger partial charge in [0.05, 0.1) is 0 Å². The van der Waals surface area contributed by atoms with Crippen molar-refractivity contribution >= 4 is 34.9 Å². The molecule has 1 nitrogen and oxygen atoms in total. The molecular formula is C6H12Cl3NZn. The van der Waals surface area contributed by atoms with Crippen LogP contribution in [-0.2, 0) is 13.0 Å². The van der Waals surface area contributed by atoms with Crippen LogP contribution >= 0.6 is 29.1 Å². The monoisotopic (exact) mass is 267 g/mol. The fourth-order valence-electron chi connectivity index (χ4n) is 0.447. The number of halogens is 3. The van der Waals surface area contributed by atoms with Gasteiger partial charge >= 0.3 is 42.1 Å². The Kier molecular flexibility index (Phi) is 11.9. The van der Waals surface area contributed by atoms with E-state index in [0.29, 0.717) is 0 Å². The number of rotatable bonds is 0. The van der Waals surface area contributed by atoms with Crippen LogP contribution in [0.3, 0.4) is 0 Å². The van der Waals surface area contributed by atoms with Crippen LogP contribution in [0.25, 0.3) is 0 Å². The zero-order chi connectivity index (χ0) is 9.44. The van der Waals surface area contributed by atoms with Crippen LogP contribution in [0.4, 0.5) is 0 Å².